The van der Waals surface area contributed by atoms with Crippen molar-refractivity contribution in [1.29, 1.82) is 0 Å². The van der Waals surface area contributed by atoms with Gasteiger partial charge in [-0.1, -0.05) is 24.6 Å². The van der Waals surface area contributed by atoms with E-state index in [0.717, 1.165) is 24.8 Å². The second-order valence-corrected chi connectivity index (χ2v) is 5.41. The molecule has 3 rings (SSSR count). The van der Waals surface area contributed by atoms with Crippen LogP contribution in [0.5, 0.6) is 0 Å². The van der Waals surface area contributed by atoms with Gasteiger partial charge in [0.2, 0.25) is 5.89 Å². The van der Waals surface area contributed by atoms with Crippen LogP contribution in [0.2, 0.25) is 0 Å². The standard InChI is InChI=1S/C16H19N3O2.ClH/c17-9-12-7-4-8-13(12)18-15(20)14-10-21-16(19-14)11-5-2-1-3-6-11;/h1-3,5-6,10,12-13H,4,7-9,17H2,(H,18,20);1H. The minimum absolute atomic E-state index is 0. The highest BCUT2D eigenvalue weighted by Gasteiger charge is 2.28. The maximum atomic E-state index is 12.2. The fraction of sp³-hybridized carbons (Fsp3) is 0.375. The monoisotopic (exact) mass is 321 g/mol. The molecule has 2 atom stereocenters. The second kappa shape index (κ2) is 7.42. The summed E-state index contributed by atoms with van der Waals surface area (Å²) in [7, 11) is 0. The Morgan fingerprint density at radius 1 is 1.32 bits per heavy atom. The Bertz CT molecular complexity index is 615. The van der Waals surface area contributed by atoms with Gasteiger partial charge in [-0.2, -0.15) is 0 Å². The van der Waals surface area contributed by atoms with Gasteiger partial charge >= 0.3 is 0 Å². The number of hydrogen-bond acceptors (Lipinski definition) is 4. The summed E-state index contributed by atoms with van der Waals surface area (Å²) in [5.41, 5.74) is 6.91. The number of carbonyl (C=O) groups is 1. The van der Waals surface area contributed by atoms with Crippen molar-refractivity contribution in [2.45, 2.75) is 25.3 Å². The third-order valence-corrected chi connectivity index (χ3v) is 4.04. The van der Waals surface area contributed by atoms with Crippen LogP contribution in [0.4, 0.5) is 0 Å². The smallest absolute Gasteiger partial charge is 0.273 e. The van der Waals surface area contributed by atoms with E-state index < -0.39 is 0 Å². The average Bonchev–Trinajstić information content (AvgIpc) is 3.17. The van der Waals surface area contributed by atoms with Crippen molar-refractivity contribution in [3.8, 4) is 11.5 Å². The fourth-order valence-electron chi connectivity index (χ4n) is 2.84. The number of carbonyl (C=O) groups excluding carboxylic acids is 1. The van der Waals surface area contributed by atoms with Gasteiger partial charge in [0.05, 0.1) is 0 Å². The molecule has 1 aliphatic carbocycles. The Balaban J connectivity index is 0.00000176. The molecule has 1 aliphatic rings. The molecule has 22 heavy (non-hydrogen) atoms. The summed E-state index contributed by atoms with van der Waals surface area (Å²) in [5, 5.41) is 3.02. The van der Waals surface area contributed by atoms with Crippen molar-refractivity contribution in [3.63, 3.8) is 0 Å². The summed E-state index contributed by atoms with van der Waals surface area (Å²) in [6.07, 6.45) is 4.58. The largest absolute Gasteiger partial charge is 0.444 e. The summed E-state index contributed by atoms with van der Waals surface area (Å²) < 4.78 is 5.39. The number of rotatable bonds is 4. The first-order valence-corrected chi connectivity index (χ1v) is 7.30. The third-order valence-electron chi connectivity index (χ3n) is 4.04. The number of nitrogens with zero attached hydrogens (tertiary/aromatic N) is 1. The summed E-state index contributed by atoms with van der Waals surface area (Å²) >= 11 is 0. The van der Waals surface area contributed by atoms with Crippen molar-refractivity contribution in [2.75, 3.05) is 6.54 Å². The first-order valence-electron chi connectivity index (χ1n) is 7.30. The molecule has 1 fully saturated rings. The highest BCUT2D eigenvalue weighted by Crippen LogP contribution is 2.25. The topological polar surface area (TPSA) is 81.1 Å². The van der Waals surface area contributed by atoms with Crippen LogP contribution in [0.15, 0.2) is 41.0 Å². The Morgan fingerprint density at radius 2 is 2.09 bits per heavy atom. The Morgan fingerprint density at radius 3 is 2.82 bits per heavy atom. The third kappa shape index (κ3) is 3.48. The molecule has 1 amide bonds. The molecular weight excluding hydrogens is 302 g/mol. The predicted octanol–water partition coefficient (Wildman–Crippen LogP) is 2.62. The normalized spacial score (nSPS) is 20.4. The summed E-state index contributed by atoms with van der Waals surface area (Å²) in [6.45, 7) is 0.610. The molecule has 1 heterocycles. The summed E-state index contributed by atoms with van der Waals surface area (Å²) in [6, 6.07) is 9.68. The maximum absolute atomic E-state index is 12.2. The van der Waals surface area contributed by atoms with E-state index in [2.05, 4.69) is 10.3 Å². The highest BCUT2D eigenvalue weighted by atomic mass is 35.5. The minimum atomic E-state index is -0.189. The summed E-state index contributed by atoms with van der Waals surface area (Å²) in [4.78, 5) is 16.5. The number of amides is 1. The van der Waals surface area contributed by atoms with Crippen LogP contribution in [-0.4, -0.2) is 23.5 Å². The summed E-state index contributed by atoms with van der Waals surface area (Å²) in [5.74, 6) is 0.642. The van der Waals surface area contributed by atoms with Gasteiger partial charge in [0.25, 0.3) is 5.91 Å². The van der Waals surface area contributed by atoms with E-state index >= 15 is 0 Å². The number of halogens is 1. The van der Waals surface area contributed by atoms with Crippen molar-refractivity contribution in [3.05, 3.63) is 42.3 Å². The van der Waals surface area contributed by atoms with E-state index in [1.165, 1.54) is 6.26 Å². The molecule has 5 nitrogen and oxygen atoms in total. The SMILES string of the molecule is Cl.NCC1CCCC1NC(=O)c1coc(-c2ccccc2)n1. The number of benzene rings is 1. The van der Waals surface area contributed by atoms with Crippen LogP contribution < -0.4 is 11.1 Å². The van der Waals surface area contributed by atoms with Crippen molar-refractivity contribution < 1.29 is 9.21 Å². The zero-order valence-electron chi connectivity index (χ0n) is 12.2. The van der Waals surface area contributed by atoms with Crippen LogP contribution in [0.1, 0.15) is 29.8 Å². The first-order chi connectivity index (χ1) is 10.3. The van der Waals surface area contributed by atoms with Crippen LogP contribution in [-0.2, 0) is 0 Å². The average molecular weight is 322 g/mol. The van der Waals surface area contributed by atoms with E-state index in [1.54, 1.807) is 0 Å². The molecule has 2 aromatic rings. The Labute approximate surface area is 135 Å². The fourth-order valence-corrected chi connectivity index (χ4v) is 2.84. The quantitative estimate of drug-likeness (QED) is 0.907. The lowest BCUT2D eigenvalue weighted by Gasteiger charge is -2.18. The molecule has 1 saturated carbocycles. The minimum Gasteiger partial charge on any atom is -0.444 e. The number of oxazole rings is 1. The van der Waals surface area contributed by atoms with Crippen molar-refractivity contribution in [2.24, 2.45) is 11.7 Å². The van der Waals surface area contributed by atoms with Gasteiger partial charge in [-0.15, -0.1) is 12.4 Å². The lowest BCUT2D eigenvalue weighted by molar-refractivity contribution is 0.0923. The lowest BCUT2D eigenvalue weighted by atomic mass is 10.0. The van der Waals surface area contributed by atoms with E-state index in [0.29, 0.717) is 24.0 Å². The zero-order chi connectivity index (χ0) is 14.7. The van der Waals surface area contributed by atoms with Crippen molar-refractivity contribution in [1.82, 2.24) is 10.3 Å². The molecule has 2 unspecified atom stereocenters. The van der Waals surface area contributed by atoms with Gasteiger partial charge < -0.3 is 15.5 Å². The molecule has 0 spiro atoms. The molecule has 0 saturated heterocycles. The zero-order valence-corrected chi connectivity index (χ0v) is 13.0. The molecule has 1 aromatic carbocycles. The number of nitrogens with two attached hydrogens (primary N) is 1. The van der Waals surface area contributed by atoms with Gasteiger partial charge in [0, 0.05) is 11.6 Å². The molecule has 6 heteroatoms. The molecule has 0 radical (unpaired) electrons. The first kappa shape index (κ1) is 16.5. The Kier molecular flexibility index (Phi) is 5.57. The molecule has 0 bridgehead atoms. The molecule has 1 aromatic heterocycles. The van der Waals surface area contributed by atoms with Gasteiger partial charge in [-0.3, -0.25) is 4.79 Å². The predicted molar refractivity (Wildman–Crippen MR) is 86.8 cm³/mol. The van der Waals surface area contributed by atoms with Gasteiger partial charge in [0.15, 0.2) is 5.69 Å². The molecule has 0 aliphatic heterocycles. The van der Waals surface area contributed by atoms with E-state index in [-0.39, 0.29) is 24.4 Å². The van der Waals surface area contributed by atoms with Crippen LogP contribution in [0.25, 0.3) is 11.5 Å². The Hall–Kier alpha value is -1.85. The number of nitrogens with one attached hydrogen (secondary N) is 1. The second-order valence-electron chi connectivity index (χ2n) is 5.41. The van der Waals surface area contributed by atoms with Gasteiger partial charge in [0.1, 0.15) is 6.26 Å². The van der Waals surface area contributed by atoms with E-state index in [9.17, 15) is 4.79 Å². The van der Waals surface area contributed by atoms with Crippen LogP contribution >= 0.6 is 12.4 Å². The van der Waals surface area contributed by atoms with Gasteiger partial charge in [-0.25, -0.2) is 4.98 Å². The van der Waals surface area contributed by atoms with E-state index in [1.807, 2.05) is 30.3 Å². The van der Waals surface area contributed by atoms with Crippen LogP contribution in [0, 0.1) is 5.92 Å². The molecular formula is C16H20ClN3O2. The molecule has 118 valence electrons. The number of hydrogen-bond donors (Lipinski definition) is 2. The molecule has 3 N–H and O–H groups in total. The number of aromatic nitrogens is 1. The lowest BCUT2D eigenvalue weighted by Crippen LogP contribution is -2.40. The van der Waals surface area contributed by atoms with Crippen molar-refractivity contribution >= 4 is 18.3 Å². The van der Waals surface area contributed by atoms with Crippen LogP contribution in [0.3, 0.4) is 0 Å². The maximum Gasteiger partial charge on any atom is 0.273 e. The van der Waals surface area contributed by atoms with E-state index in [4.69, 9.17) is 10.2 Å². The van der Waals surface area contributed by atoms with Gasteiger partial charge in [-0.05, 0) is 37.4 Å². The highest BCUT2D eigenvalue weighted by molar-refractivity contribution is 5.92.